The third kappa shape index (κ3) is 4.55. The Balaban J connectivity index is 2.61. The number of hydrogen-bond acceptors (Lipinski definition) is 2. The van der Waals surface area contributed by atoms with Gasteiger partial charge in [0.25, 0.3) is 0 Å². The monoisotopic (exact) mass is 295 g/mol. The van der Waals surface area contributed by atoms with E-state index in [0.717, 1.165) is 6.42 Å². The predicted molar refractivity (Wildman–Crippen MR) is 74.4 cm³/mol. The largest absolute Gasteiger partial charge is 0.492 e. The van der Waals surface area contributed by atoms with E-state index >= 15 is 0 Å². The Labute approximate surface area is 117 Å². The number of benzene rings is 1. The molecule has 0 bridgehead atoms. The quantitative estimate of drug-likeness (QED) is 0.817. The molecule has 0 radical (unpaired) electrons. The first-order valence-corrected chi connectivity index (χ1v) is 6.46. The van der Waals surface area contributed by atoms with Crippen LogP contribution in [0.1, 0.15) is 20.3 Å². The minimum Gasteiger partial charge on any atom is -0.492 e. The maximum atomic E-state index is 5.99. The van der Waals surface area contributed by atoms with Crippen LogP contribution in [0, 0.1) is 5.41 Å². The summed E-state index contributed by atoms with van der Waals surface area (Å²) in [6.07, 6.45) is 0.847. The van der Waals surface area contributed by atoms with Gasteiger partial charge < -0.3 is 10.5 Å². The van der Waals surface area contributed by atoms with Crippen LogP contribution in [-0.4, -0.2) is 13.2 Å². The lowest BCUT2D eigenvalue weighted by Gasteiger charge is -2.22. The summed E-state index contributed by atoms with van der Waals surface area (Å²) in [4.78, 5) is 0. The molecule has 0 aliphatic heterocycles. The first kappa shape index (κ1) is 14.9. The zero-order valence-electron chi connectivity index (χ0n) is 9.90. The van der Waals surface area contributed by atoms with Crippen molar-refractivity contribution in [3.8, 4) is 5.75 Å². The third-order valence-corrected chi connectivity index (χ3v) is 3.58. The van der Waals surface area contributed by atoms with Crippen molar-refractivity contribution in [2.45, 2.75) is 20.3 Å². The number of hydrogen-bond donors (Lipinski definition) is 1. The van der Waals surface area contributed by atoms with Crippen molar-refractivity contribution in [1.29, 1.82) is 0 Å². The van der Waals surface area contributed by atoms with Crippen molar-refractivity contribution >= 4 is 34.8 Å². The number of ether oxygens (including phenoxy) is 1. The van der Waals surface area contributed by atoms with Gasteiger partial charge >= 0.3 is 0 Å². The topological polar surface area (TPSA) is 35.2 Å². The van der Waals surface area contributed by atoms with E-state index in [2.05, 4.69) is 13.8 Å². The normalized spacial score (nSPS) is 11.6. The summed E-state index contributed by atoms with van der Waals surface area (Å²) in [6.45, 7) is 5.34. The molecule has 96 valence electrons. The third-order valence-electron chi connectivity index (χ3n) is 2.56. The summed E-state index contributed by atoms with van der Waals surface area (Å²) in [6, 6.07) is 3.20. The molecule has 0 heterocycles. The Hall–Kier alpha value is -0.150. The van der Waals surface area contributed by atoms with Crippen LogP contribution in [0.3, 0.4) is 0 Å². The van der Waals surface area contributed by atoms with Gasteiger partial charge in [-0.1, -0.05) is 48.7 Å². The van der Waals surface area contributed by atoms with Gasteiger partial charge in [0.15, 0.2) is 0 Å². The smallest absolute Gasteiger partial charge is 0.139 e. The fourth-order valence-electron chi connectivity index (χ4n) is 1.15. The van der Waals surface area contributed by atoms with Gasteiger partial charge in [-0.05, 0) is 24.4 Å². The summed E-state index contributed by atoms with van der Waals surface area (Å²) in [5, 5.41) is 1.32. The molecule has 0 amide bonds. The SMILES string of the molecule is CC(C)(CN)CCOc1cc(Cl)c(Cl)cc1Cl. The second kappa shape index (κ2) is 6.14. The summed E-state index contributed by atoms with van der Waals surface area (Å²) < 4.78 is 5.58. The van der Waals surface area contributed by atoms with E-state index in [-0.39, 0.29) is 5.41 Å². The van der Waals surface area contributed by atoms with E-state index < -0.39 is 0 Å². The van der Waals surface area contributed by atoms with Gasteiger partial charge in [0, 0.05) is 6.07 Å². The van der Waals surface area contributed by atoms with E-state index in [1.807, 2.05) is 0 Å². The lowest BCUT2D eigenvalue weighted by atomic mass is 9.90. The summed E-state index contributed by atoms with van der Waals surface area (Å²) in [5.74, 6) is 0.550. The Kier molecular flexibility index (Phi) is 5.39. The molecule has 2 N–H and O–H groups in total. The highest BCUT2D eigenvalue weighted by Gasteiger charge is 2.16. The molecular weight excluding hydrogens is 280 g/mol. The zero-order chi connectivity index (χ0) is 13.1. The van der Waals surface area contributed by atoms with Gasteiger partial charge in [-0.25, -0.2) is 0 Å². The Morgan fingerprint density at radius 1 is 1.12 bits per heavy atom. The van der Waals surface area contributed by atoms with Crippen LogP contribution in [0.4, 0.5) is 0 Å². The van der Waals surface area contributed by atoms with Crippen LogP contribution in [0.2, 0.25) is 15.1 Å². The van der Waals surface area contributed by atoms with E-state index in [1.54, 1.807) is 12.1 Å². The van der Waals surface area contributed by atoms with Crippen molar-refractivity contribution in [2.24, 2.45) is 11.1 Å². The first-order chi connectivity index (χ1) is 7.85. The van der Waals surface area contributed by atoms with E-state index in [4.69, 9.17) is 45.3 Å². The zero-order valence-corrected chi connectivity index (χ0v) is 12.2. The molecule has 0 unspecified atom stereocenters. The van der Waals surface area contributed by atoms with Crippen molar-refractivity contribution < 1.29 is 4.74 Å². The average molecular weight is 297 g/mol. The highest BCUT2D eigenvalue weighted by Crippen LogP contribution is 2.34. The maximum Gasteiger partial charge on any atom is 0.139 e. The standard InChI is InChI=1S/C12H16Cl3NO/c1-12(2,7-16)3-4-17-11-6-9(14)8(13)5-10(11)15/h5-6H,3-4,7,16H2,1-2H3. The van der Waals surface area contributed by atoms with E-state index in [0.29, 0.717) is 34.0 Å². The molecule has 1 aromatic carbocycles. The molecule has 5 heteroatoms. The fraction of sp³-hybridized carbons (Fsp3) is 0.500. The second-order valence-electron chi connectivity index (χ2n) is 4.66. The lowest BCUT2D eigenvalue weighted by Crippen LogP contribution is -2.25. The average Bonchev–Trinajstić information content (AvgIpc) is 2.25. The molecule has 1 aromatic rings. The molecule has 1 rings (SSSR count). The molecular formula is C12H16Cl3NO. The van der Waals surface area contributed by atoms with Crippen LogP contribution in [0.15, 0.2) is 12.1 Å². The molecule has 0 atom stereocenters. The van der Waals surface area contributed by atoms with Gasteiger partial charge in [0.05, 0.1) is 21.7 Å². The Morgan fingerprint density at radius 2 is 1.71 bits per heavy atom. The van der Waals surface area contributed by atoms with Gasteiger partial charge in [0.2, 0.25) is 0 Å². The van der Waals surface area contributed by atoms with Crippen LogP contribution in [-0.2, 0) is 0 Å². The van der Waals surface area contributed by atoms with E-state index in [1.165, 1.54) is 0 Å². The summed E-state index contributed by atoms with van der Waals surface area (Å²) in [7, 11) is 0. The second-order valence-corrected chi connectivity index (χ2v) is 5.89. The Bertz CT molecular complexity index is 394. The number of nitrogens with two attached hydrogens (primary N) is 1. The minimum absolute atomic E-state index is 0.0582. The van der Waals surface area contributed by atoms with Crippen molar-refractivity contribution in [3.63, 3.8) is 0 Å². The van der Waals surface area contributed by atoms with Crippen LogP contribution in [0.5, 0.6) is 5.75 Å². The maximum absolute atomic E-state index is 5.99. The van der Waals surface area contributed by atoms with Crippen LogP contribution in [0.25, 0.3) is 0 Å². The van der Waals surface area contributed by atoms with Crippen molar-refractivity contribution in [3.05, 3.63) is 27.2 Å². The van der Waals surface area contributed by atoms with Crippen molar-refractivity contribution in [2.75, 3.05) is 13.2 Å². The summed E-state index contributed by atoms with van der Waals surface area (Å²) in [5.41, 5.74) is 5.70. The van der Waals surface area contributed by atoms with Gasteiger partial charge in [0.1, 0.15) is 5.75 Å². The molecule has 0 saturated carbocycles. The number of halogens is 3. The van der Waals surface area contributed by atoms with Crippen molar-refractivity contribution in [1.82, 2.24) is 0 Å². The predicted octanol–water partition coefficient (Wildman–Crippen LogP) is 4.40. The highest BCUT2D eigenvalue weighted by molar-refractivity contribution is 6.43. The molecule has 0 aliphatic rings. The fourth-order valence-corrected chi connectivity index (χ4v) is 1.75. The molecule has 0 spiro atoms. The molecule has 2 nitrogen and oxygen atoms in total. The van der Waals surface area contributed by atoms with Crippen LogP contribution >= 0.6 is 34.8 Å². The first-order valence-electron chi connectivity index (χ1n) is 5.33. The minimum atomic E-state index is 0.0582. The number of rotatable bonds is 5. The molecule has 0 saturated heterocycles. The molecule has 0 fully saturated rings. The van der Waals surface area contributed by atoms with Gasteiger partial charge in [-0.2, -0.15) is 0 Å². The lowest BCUT2D eigenvalue weighted by molar-refractivity contribution is 0.233. The van der Waals surface area contributed by atoms with Crippen LogP contribution < -0.4 is 10.5 Å². The van der Waals surface area contributed by atoms with Gasteiger partial charge in [-0.15, -0.1) is 0 Å². The van der Waals surface area contributed by atoms with E-state index in [9.17, 15) is 0 Å². The molecule has 17 heavy (non-hydrogen) atoms. The Morgan fingerprint density at radius 3 is 2.29 bits per heavy atom. The highest BCUT2D eigenvalue weighted by atomic mass is 35.5. The molecule has 0 aromatic heterocycles. The summed E-state index contributed by atoms with van der Waals surface area (Å²) >= 11 is 17.7. The van der Waals surface area contributed by atoms with Gasteiger partial charge in [-0.3, -0.25) is 0 Å². The molecule has 0 aliphatic carbocycles.